The fourth-order valence-electron chi connectivity index (χ4n) is 4.62. The van der Waals surface area contributed by atoms with Gasteiger partial charge in [-0.1, -0.05) is 0 Å². The second kappa shape index (κ2) is 7.54. The van der Waals surface area contributed by atoms with Gasteiger partial charge < -0.3 is 24.2 Å². The van der Waals surface area contributed by atoms with E-state index in [-0.39, 0.29) is 12.1 Å². The quantitative estimate of drug-likeness (QED) is 0.823. The number of rotatable bonds is 4. The molecular formula is C18H28N4O4. The lowest BCUT2D eigenvalue weighted by molar-refractivity contribution is -0.0520. The van der Waals surface area contributed by atoms with E-state index in [1.165, 1.54) is 0 Å². The summed E-state index contributed by atoms with van der Waals surface area (Å²) < 4.78 is 16.0. The zero-order valence-corrected chi connectivity index (χ0v) is 15.5. The predicted molar refractivity (Wildman–Crippen MR) is 95.7 cm³/mol. The van der Waals surface area contributed by atoms with Gasteiger partial charge in [0.2, 0.25) is 17.7 Å². The third kappa shape index (κ3) is 3.45. The van der Waals surface area contributed by atoms with Gasteiger partial charge in [-0.15, -0.1) is 0 Å². The first-order valence-electron chi connectivity index (χ1n) is 9.39. The molecule has 3 heterocycles. The Labute approximate surface area is 154 Å². The van der Waals surface area contributed by atoms with Gasteiger partial charge in [-0.05, 0) is 24.7 Å². The van der Waals surface area contributed by atoms with E-state index in [1.54, 1.807) is 20.3 Å². The summed E-state index contributed by atoms with van der Waals surface area (Å²) in [6.07, 6.45) is 1.59. The maximum absolute atomic E-state index is 10.7. The van der Waals surface area contributed by atoms with Crippen LogP contribution in [0.25, 0.3) is 0 Å². The molecule has 144 valence electrons. The standard InChI is InChI=1S/C18H28N4O4/c1-24-16-9-17(25-2)20-18(19-16)22-10-12-7-14(15(23)8-13(12)11-22)21-3-5-26-6-4-21/h9,12-15,23H,3-8,10-11H2,1-2H3/t12-,13+,14-,15-/m1/s1. The van der Waals surface area contributed by atoms with Crippen molar-refractivity contribution >= 4 is 5.95 Å². The number of nitrogens with zero attached hydrogens (tertiary/aromatic N) is 4. The highest BCUT2D eigenvalue weighted by molar-refractivity contribution is 5.38. The van der Waals surface area contributed by atoms with Crippen molar-refractivity contribution in [2.45, 2.75) is 25.0 Å². The average molecular weight is 364 g/mol. The molecule has 0 spiro atoms. The third-order valence-electron chi connectivity index (χ3n) is 5.99. The number of aromatic nitrogens is 2. The molecule has 8 nitrogen and oxygen atoms in total. The van der Waals surface area contributed by atoms with Crippen LogP contribution in [0.2, 0.25) is 0 Å². The minimum Gasteiger partial charge on any atom is -0.481 e. The molecule has 2 saturated heterocycles. The van der Waals surface area contributed by atoms with Crippen molar-refractivity contribution in [2.75, 3.05) is 58.5 Å². The Balaban J connectivity index is 1.47. The Morgan fingerprint density at radius 2 is 1.65 bits per heavy atom. The SMILES string of the molecule is COc1cc(OC)nc(N2C[C@H]3C[C@@H](N4CCOCC4)[C@H](O)C[C@H]3C2)n1. The lowest BCUT2D eigenvalue weighted by Gasteiger charge is -2.43. The Kier molecular flexibility index (Phi) is 5.15. The summed E-state index contributed by atoms with van der Waals surface area (Å²) in [6, 6.07) is 1.92. The topological polar surface area (TPSA) is 80.2 Å². The fourth-order valence-corrected chi connectivity index (χ4v) is 4.62. The van der Waals surface area contributed by atoms with Crippen molar-refractivity contribution in [3.05, 3.63) is 6.07 Å². The van der Waals surface area contributed by atoms with E-state index in [2.05, 4.69) is 19.8 Å². The summed E-state index contributed by atoms with van der Waals surface area (Å²) >= 11 is 0. The van der Waals surface area contributed by atoms with Crippen LogP contribution >= 0.6 is 0 Å². The van der Waals surface area contributed by atoms with Gasteiger partial charge in [0.1, 0.15) is 0 Å². The molecule has 1 N–H and O–H groups in total. The molecule has 2 aliphatic heterocycles. The van der Waals surface area contributed by atoms with Crippen LogP contribution in [0.1, 0.15) is 12.8 Å². The summed E-state index contributed by atoms with van der Waals surface area (Å²) in [5, 5.41) is 10.7. The molecule has 26 heavy (non-hydrogen) atoms. The zero-order valence-electron chi connectivity index (χ0n) is 15.5. The maximum Gasteiger partial charge on any atom is 0.231 e. The number of hydrogen-bond acceptors (Lipinski definition) is 8. The molecule has 0 amide bonds. The van der Waals surface area contributed by atoms with Gasteiger partial charge in [-0.3, -0.25) is 4.90 Å². The number of methoxy groups -OCH3 is 2. The van der Waals surface area contributed by atoms with Crippen LogP contribution in [0.5, 0.6) is 11.8 Å². The smallest absolute Gasteiger partial charge is 0.231 e. The van der Waals surface area contributed by atoms with E-state index in [0.717, 1.165) is 52.2 Å². The Morgan fingerprint density at radius 1 is 1.04 bits per heavy atom. The van der Waals surface area contributed by atoms with Crippen molar-refractivity contribution in [3.63, 3.8) is 0 Å². The van der Waals surface area contributed by atoms with E-state index < -0.39 is 0 Å². The van der Waals surface area contributed by atoms with E-state index in [0.29, 0.717) is 29.5 Å². The van der Waals surface area contributed by atoms with Gasteiger partial charge >= 0.3 is 0 Å². The van der Waals surface area contributed by atoms with Gasteiger partial charge in [0, 0.05) is 32.2 Å². The van der Waals surface area contributed by atoms with Gasteiger partial charge in [-0.2, -0.15) is 9.97 Å². The first-order chi connectivity index (χ1) is 12.7. The summed E-state index contributed by atoms with van der Waals surface area (Å²) in [5.41, 5.74) is 0. The van der Waals surface area contributed by atoms with Crippen molar-refractivity contribution < 1.29 is 19.3 Å². The molecule has 0 radical (unpaired) electrons. The normalized spacial score (nSPS) is 32.3. The molecular weight excluding hydrogens is 336 g/mol. The van der Waals surface area contributed by atoms with Crippen LogP contribution in [0.3, 0.4) is 0 Å². The average Bonchev–Trinajstić information content (AvgIpc) is 3.10. The number of fused-ring (bicyclic) bond motifs is 1. The largest absolute Gasteiger partial charge is 0.481 e. The van der Waals surface area contributed by atoms with Crippen LogP contribution in [0.4, 0.5) is 5.95 Å². The minimum absolute atomic E-state index is 0.237. The first-order valence-corrected chi connectivity index (χ1v) is 9.39. The van der Waals surface area contributed by atoms with Gasteiger partial charge in [-0.25, -0.2) is 0 Å². The highest BCUT2D eigenvalue weighted by Crippen LogP contribution is 2.39. The van der Waals surface area contributed by atoms with E-state index in [4.69, 9.17) is 14.2 Å². The molecule has 4 atom stereocenters. The van der Waals surface area contributed by atoms with Crippen LogP contribution in [0, 0.1) is 11.8 Å². The minimum atomic E-state index is -0.268. The molecule has 1 saturated carbocycles. The Hall–Kier alpha value is -1.64. The Bertz CT molecular complexity index is 603. The summed E-state index contributed by atoms with van der Waals surface area (Å²) in [5.74, 6) is 2.68. The number of aliphatic hydroxyl groups is 1. The van der Waals surface area contributed by atoms with Crippen LogP contribution < -0.4 is 14.4 Å². The van der Waals surface area contributed by atoms with Crippen molar-refractivity contribution in [2.24, 2.45) is 11.8 Å². The van der Waals surface area contributed by atoms with E-state index >= 15 is 0 Å². The summed E-state index contributed by atoms with van der Waals surface area (Å²) in [4.78, 5) is 13.6. The summed E-state index contributed by atoms with van der Waals surface area (Å²) in [6.45, 7) is 5.14. The summed E-state index contributed by atoms with van der Waals surface area (Å²) in [7, 11) is 3.19. The monoisotopic (exact) mass is 364 g/mol. The van der Waals surface area contributed by atoms with Gasteiger partial charge in [0.05, 0.1) is 39.6 Å². The molecule has 1 aliphatic carbocycles. The highest BCUT2D eigenvalue weighted by Gasteiger charge is 2.44. The molecule has 1 aromatic heterocycles. The van der Waals surface area contributed by atoms with Gasteiger partial charge in [0.15, 0.2) is 0 Å². The highest BCUT2D eigenvalue weighted by atomic mass is 16.5. The third-order valence-corrected chi connectivity index (χ3v) is 5.99. The van der Waals surface area contributed by atoms with Crippen LogP contribution in [0.15, 0.2) is 6.07 Å². The Morgan fingerprint density at radius 3 is 2.27 bits per heavy atom. The van der Waals surface area contributed by atoms with Crippen molar-refractivity contribution in [3.8, 4) is 11.8 Å². The maximum atomic E-state index is 10.7. The zero-order chi connectivity index (χ0) is 18.1. The molecule has 0 bridgehead atoms. The number of ether oxygens (including phenoxy) is 3. The van der Waals surface area contributed by atoms with E-state index in [9.17, 15) is 5.11 Å². The van der Waals surface area contributed by atoms with Crippen molar-refractivity contribution in [1.82, 2.24) is 14.9 Å². The van der Waals surface area contributed by atoms with Gasteiger partial charge in [0.25, 0.3) is 0 Å². The lowest BCUT2D eigenvalue weighted by Crippen LogP contribution is -2.53. The lowest BCUT2D eigenvalue weighted by atomic mass is 9.77. The van der Waals surface area contributed by atoms with Crippen LogP contribution in [-0.4, -0.2) is 85.7 Å². The molecule has 1 aromatic rings. The van der Waals surface area contributed by atoms with Crippen LogP contribution in [-0.2, 0) is 4.74 Å². The number of morpholine rings is 1. The van der Waals surface area contributed by atoms with E-state index in [1.807, 2.05) is 0 Å². The van der Waals surface area contributed by atoms with Crippen molar-refractivity contribution in [1.29, 1.82) is 0 Å². The molecule has 0 unspecified atom stereocenters. The molecule has 3 aliphatic rings. The molecule has 0 aromatic carbocycles. The number of aliphatic hydroxyl groups excluding tert-OH is 1. The molecule has 4 rings (SSSR count). The second-order valence-corrected chi connectivity index (χ2v) is 7.43. The number of anilines is 1. The first kappa shape index (κ1) is 17.8. The second-order valence-electron chi connectivity index (χ2n) is 7.43. The fraction of sp³-hybridized carbons (Fsp3) is 0.778. The predicted octanol–water partition coefficient (Wildman–Crippen LogP) is 0.402. The number of hydrogen-bond donors (Lipinski definition) is 1. The molecule has 3 fully saturated rings. The molecule has 8 heteroatoms.